The van der Waals surface area contributed by atoms with Crippen LogP contribution < -0.4 is 11.0 Å². The third-order valence-corrected chi connectivity index (χ3v) is 4.20. The quantitative estimate of drug-likeness (QED) is 0.550. The number of nitrogens with one attached hydrogen (secondary N) is 1. The van der Waals surface area contributed by atoms with Crippen molar-refractivity contribution in [1.29, 1.82) is 0 Å². The molecule has 0 fully saturated rings. The monoisotopic (exact) mass is 360 g/mol. The second-order valence-electron chi connectivity index (χ2n) is 5.30. The molecule has 128 valence electrons. The molecule has 8 heteroatoms. The van der Waals surface area contributed by atoms with Crippen molar-refractivity contribution in [1.82, 2.24) is 9.78 Å². The van der Waals surface area contributed by atoms with E-state index < -0.39 is 27.9 Å². The number of halogens is 1. The fourth-order valence-electron chi connectivity index (χ4n) is 2.39. The van der Waals surface area contributed by atoms with Gasteiger partial charge in [-0.1, -0.05) is 24.3 Å². The third kappa shape index (κ3) is 3.65. The molecule has 0 amide bonds. The molecule has 0 aliphatic carbocycles. The highest BCUT2D eigenvalue weighted by molar-refractivity contribution is 7.78. The van der Waals surface area contributed by atoms with E-state index in [1.807, 2.05) is 0 Å². The average Bonchev–Trinajstić information content (AvgIpc) is 2.59. The molecule has 1 aromatic heterocycles. The second kappa shape index (κ2) is 6.96. The SMILES string of the molecule is O=c1c(-c2ccc(CS(=O)O)cc2)c[nH]n(-c2ccc(F)cc2)c1=O. The lowest BCUT2D eigenvalue weighted by molar-refractivity contribution is 0.563. The first-order valence-corrected chi connectivity index (χ1v) is 8.51. The molecule has 2 aromatic carbocycles. The number of aromatic nitrogens is 2. The summed E-state index contributed by atoms with van der Waals surface area (Å²) < 4.78 is 33.7. The number of nitrogens with zero attached hydrogens (tertiary/aromatic N) is 1. The molecule has 1 atom stereocenters. The van der Waals surface area contributed by atoms with Gasteiger partial charge in [0.05, 0.1) is 17.0 Å². The molecule has 0 bridgehead atoms. The number of benzene rings is 2. The lowest BCUT2D eigenvalue weighted by Gasteiger charge is -2.07. The normalized spacial score (nSPS) is 12.1. The number of hydrogen-bond acceptors (Lipinski definition) is 3. The molecule has 0 saturated carbocycles. The average molecular weight is 360 g/mol. The molecule has 1 heterocycles. The summed E-state index contributed by atoms with van der Waals surface area (Å²) in [5.74, 6) is -0.456. The van der Waals surface area contributed by atoms with Crippen LogP contribution in [0, 0.1) is 5.82 Å². The van der Waals surface area contributed by atoms with Crippen molar-refractivity contribution in [2.45, 2.75) is 5.75 Å². The highest BCUT2D eigenvalue weighted by Gasteiger charge is 2.11. The summed E-state index contributed by atoms with van der Waals surface area (Å²) in [6, 6.07) is 11.6. The lowest BCUT2D eigenvalue weighted by atomic mass is 10.1. The Balaban J connectivity index is 2.00. The maximum absolute atomic E-state index is 13.0. The van der Waals surface area contributed by atoms with Crippen molar-refractivity contribution in [3.63, 3.8) is 0 Å². The standard InChI is InChI=1S/C17H13FN2O4S/c18-13-5-7-14(8-6-13)20-17(22)16(21)15(9-19-20)12-3-1-11(2-4-12)10-25(23)24/h1-9,19H,10H2,(H,23,24). The van der Waals surface area contributed by atoms with E-state index in [2.05, 4.69) is 5.10 Å². The maximum Gasteiger partial charge on any atom is 0.318 e. The van der Waals surface area contributed by atoms with Gasteiger partial charge < -0.3 is 4.55 Å². The van der Waals surface area contributed by atoms with E-state index in [1.165, 1.54) is 30.5 Å². The Bertz CT molecular complexity index is 1040. The number of aromatic amines is 1. The van der Waals surface area contributed by atoms with Gasteiger partial charge in [0.2, 0.25) is 0 Å². The summed E-state index contributed by atoms with van der Waals surface area (Å²) in [7, 11) is 0. The van der Waals surface area contributed by atoms with Gasteiger partial charge in [-0.25, -0.2) is 13.3 Å². The van der Waals surface area contributed by atoms with E-state index >= 15 is 0 Å². The van der Waals surface area contributed by atoms with Crippen LogP contribution in [0.5, 0.6) is 0 Å². The Hall–Kier alpha value is -2.84. The molecular formula is C17H13FN2O4S. The molecule has 0 aliphatic rings. The van der Waals surface area contributed by atoms with Gasteiger partial charge in [0, 0.05) is 6.20 Å². The Kier molecular flexibility index (Phi) is 4.73. The van der Waals surface area contributed by atoms with E-state index in [0.717, 1.165) is 4.68 Å². The molecule has 25 heavy (non-hydrogen) atoms. The first-order valence-electron chi connectivity index (χ1n) is 7.23. The number of H-pyrrole nitrogens is 1. The molecular weight excluding hydrogens is 347 g/mol. The largest absolute Gasteiger partial charge is 0.318 e. The maximum atomic E-state index is 13.0. The van der Waals surface area contributed by atoms with E-state index in [-0.39, 0.29) is 11.3 Å². The summed E-state index contributed by atoms with van der Waals surface area (Å²) in [5.41, 5.74) is 0.180. The zero-order chi connectivity index (χ0) is 18.0. The van der Waals surface area contributed by atoms with Crippen LogP contribution >= 0.6 is 0 Å². The predicted molar refractivity (Wildman–Crippen MR) is 92.5 cm³/mol. The van der Waals surface area contributed by atoms with Crippen LogP contribution in [0.3, 0.4) is 0 Å². The highest BCUT2D eigenvalue weighted by Crippen LogP contribution is 2.16. The summed E-state index contributed by atoms with van der Waals surface area (Å²) in [4.78, 5) is 24.7. The minimum absolute atomic E-state index is 0.0111. The van der Waals surface area contributed by atoms with Crippen LogP contribution in [0.1, 0.15) is 5.56 Å². The van der Waals surface area contributed by atoms with Crippen molar-refractivity contribution in [3.05, 3.63) is 86.7 Å². The van der Waals surface area contributed by atoms with Gasteiger partial charge in [-0.3, -0.25) is 14.7 Å². The highest BCUT2D eigenvalue weighted by atomic mass is 32.2. The van der Waals surface area contributed by atoms with Crippen LogP contribution in [0.15, 0.2) is 64.3 Å². The Morgan fingerprint density at radius 2 is 1.68 bits per heavy atom. The van der Waals surface area contributed by atoms with Gasteiger partial charge in [-0.15, -0.1) is 0 Å². The molecule has 3 aromatic rings. The Morgan fingerprint density at radius 1 is 1.04 bits per heavy atom. The van der Waals surface area contributed by atoms with Gasteiger partial charge in [-0.2, -0.15) is 0 Å². The van der Waals surface area contributed by atoms with E-state index in [1.54, 1.807) is 24.3 Å². The molecule has 2 N–H and O–H groups in total. The minimum Gasteiger partial charge on any atom is -0.306 e. The summed E-state index contributed by atoms with van der Waals surface area (Å²) in [6.07, 6.45) is 1.40. The van der Waals surface area contributed by atoms with Crippen molar-refractivity contribution in [2.24, 2.45) is 0 Å². The van der Waals surface area contributed by atoms with Crippen LogP contribution in [0.2, 0.25) is 0 Å². The van der Waals surface area contributed by atoms with Gasteiger partial charge in [0.15, 0.2) is 11.1 Å². The van der Waals surface area contributed by atoms with Crippen LogP contribution in [-0.4, -0.2) is 18.5 Å². The zero-order valence-corrected chi connectivity index (χ0v) is 13.6. The first kappa shape index (κ1) is 17.0. The fourth-order valence-corrected chi connectivity index (χ4v) is 2.87. The fraction of sp³-hybridized carbons (Fsp3) is 0.0588. The molecule has 0 saturated heterocycles. The van der Waals surface area contributed by atoms with Crippen LogP contribution in [0.4, 0.5) is 4.39 Å². The molecule has 6 nitrogen and oxygen atoms in total. The van der Waals surface area contributed by atoms with Crippen molar-refractivity contribution in [3.8, 4) is 16.8 Å². The third-order valence-electron chi connectivity index (χ3n) is 3.62. The van der Waals surface area contributed by atoms with E-state index in [9.17, 15) is 18.2 Å². The van der Waals surface area contributed by atoms with Crippen LogP contribution in [-0.2, 0) is 16.8 Å². The van der Waals surface area contributed by atoms with E-state index in [4.69, 9.17) is 4.55 Å². The van der Waals surface area contributed by atoms with Gasteiger partial charge in [0.25, 0.3) is 5.43 Å². The van der Waals surface area contributed by atoms with Crippen molar-refractivity contribution < 1.29 is 13.2 Å². The zero-order valence-electron chi connectivity index (χ0n) is 12.8. The van der Waals surface area contributed by atoms with Gasteiger partial charge in [0.1, 0.15) is 5.82 Å². The summed E-state index contributed by atoms with van der Waals surface area (Å²) >= 11 is -1.95. The summed E-state index contributed by atoms with van der Waals surface area (Å²) in [6.45, 7) is 0. The van der Waals surface area contributed by atoms with Crippen molar-refractivity contribution in [2.75, 3.05) is 0 Å². The predicted octanol–water partition coefficient (Wildman–Crippen LogP) is 2.05. The van der Waals surface area contributed by atoms with E-state index in [0.29, 0.717) is 16.8 Å². The van der Waals surface area contributed by atoms with Crippen LogP contribution in [0.25, 0.3) is 16.8 Å². The molecule has 0 radical (unpaired) electrons. The minimum atomic E-state index is -1.95. The van der Waals surface area contributed by atoms with Gasteiger partial charge in [-0.05, 0) is 35.4 Å². The Morgan fingerprint density at radius 3 is 2.28 bits per heavy atom. The van der Waals surface area contributed by atoms with Gasteiger partial charge >= 0.3 is 5.56 Å². The topological polar surface area (TPSA) is 92.2 Å². The number of rotatable bonds is 4. The Labute approximate surface area is 143 Å². The number of hydrogen-bond donors (Lipinski definition) is 2. The first-order chi connectivity index (χ1) is 12.0. The van der Waals surface area contributed by atoms with Crippen molar-refractivity contribution >= 4 is 11.1 Å². The molecule has 0 spiro atoms. The lowest BCUT2D eigenvalue weighted by Crippen LogP contribution is -2.35. The molecule has 1 unspecified atom stereocenters. The summed E-state index contributed by atoms with van der Waals surface area (Å²) in [5, 5.41) is 2.72. The molecule has 0 aliphatic heterocycles. The molecule has 3 rings (SSSR count). The smallest absolute Gasteiger partial charge is 0.306 e. The second-order valence-corrected chi connectivity index (χ2v) is 6.23.